The maximum atomic E-state index is 12.0. The molecule has 0 bridgehead atoms. The van der Waals surface area contributed by atoms with Crippen LogP contribution in [0, 0.1) is 5.92 Å². The molecule has 122 valence electrons. The van der Waals surface area contributed by atoms with E-state index in [1.54, 1.807) is 6.07 Å². The van der Waals surface area contributed by atoms with E-state index >= 15 is 0 Å². The summed E-state index contributed by atoms with van der Waals surface area (Å²) < 4.78 is 26.0. The zero-order chi connectivity index (χ0) is 16.0. The van der Waals surface area contributed by atoms with E-state index in [0.29, 0.717) is 5.92 Å². The molecule has 1 saturated carbocycles. The Balaban J connectivity index is 1.98. The molecule has 0 atom stereocenters. The first-order valence-corrected chi connectivity index (χ1v) is 9.01. The van der Waals surface area contributed by atoms with E-state index in [-0.39, 0.29) is 4.90 Å². The highest BCUT2D eigenvalue weighted by Gasteiger charge is 2.16. The van der Waals surface area contributed by atoms with Gasteiger partial charge in [-0.2, -0.15) is 4.72 Å². The van der Waals surface area contributed by atoms with Gasteiger partial charge in [-0.25, -0.2) is 8.42 Å². The van der Waals surface area contributed by atoms with Crippen LogP contribution in [0.25, 0.3) is 0 Å². The first-order valence-electron chi connectivity index (χ1n) is 7.53. The fourth-order valence-corrected chi connectivity index (χ4v) is 3.69. The number of carbonyl (C=O) groups is 1. The average molecular weight is 326 g/mol. The van der Waals surface area contributed by atoms with E-state index in [1.165, 1.54) is 44.2 Å². The van der Waals surface area contributed by atoms with Crippen molar-refractivity contribution in [2.75, 3.05) is 18.4 Å². The van der Waals surface area contributed by atoms with Crippen LogP contribution in [0.2, 0.25) is 0 Å². The highest BCUT2D eigenvalue weighted by Crippen LogP contribution is 2.24. The van der Waals surface area contributed by atoms with Gasteiger partial charge < -0.3 is 10.4 Å². The third kappa shape index (κ3) is 4.99. The van der Waals surface area contributed by atoms with E-state index in [4.69, 9.17) is 5.11 Å². The number of rotatable bonds is 7. The lowest BCUT2D eigenvalue weighted by molar-refractivity contribution is -0.135. The van der Waals surface area contributed by atoms with Crippen LogP contribution in [0.5, 0.6) is 0 Å². The van der Waals surface area contributed by atoms with Crippen LogP contribution in [-0.4, -0.2) is 32.6 Å². The molecule has 6 nitrogen and oxygen atoms in total. The Morgan fingerprint density at radius 2 is 1.95 bits per heavy atom. The molecule has 2 rings (SSSR count). The summed E-state index contributed by atoms with van der Waals surface area (Å²) >= 11 is 0. The van der Waals surface area contributed by atoms with Crippen molar-refractivity contribution < 1.29 is 18.3 Å². The minimum atomic E-state index is -3.79. The minimum Gasteiger partial charge on any atom is -0.480 e. The first-order chi connectivity index (χ1) is 10.5. The number of nitrogens with one attached hydrogen (secondary N) is 2. The van der Waals surface area contributed by atoms with Crippen molar-refractivity contribution in [3.63, 3.8) is 0 Å². The van der Waals surface area contributed by atoms with E-state index in [0.717, 1.165) is 12.2 Å². The molecule has 7 heteroatoms. The second-order valence-corrected chi connectivity index (χ2v) is 7.40. The highest BCUT2D eigenvalue weighted by atomic mass is 32.2. The Morgan fingerprint density at radius 1 is 1.23 bits per heavy atom. The summed E-state index contributed by atoms with van der Waals surface area (Å²) in [6, 6.07) is 6.46. The predicted octanol–water partition coefficient (Wildman–Crippen LogP) is 2.04. The molecule has 0 spiro atoms. The summed E-state index contributed by atoms with van der Waals surface area (Å²) in [5.74, 6) is -0.575. The van der Waals surface area contributed by atoms with Gasteiger partial charge in [-0.15, -0.1) is 0 Å². The molecule has 1 fully saturated rings. The van der Waals surface area contributed by atoms with Crippen molar-refractivity contribution in [3.05, 3.63) is 24.3 Å². The van der Waals surface area contributed by atoms with Crippen LogP contribution in [0.3, 0.4) is 0 Å². The Kier molecular flexibility index (Phi) is 5.79. The molecule has 0 aliphatic heterocycles. The van der Waals surface area contributed by atoms with Gasteiger partial charge in [0.1, 0.15) is 6.54 Å². The fourth-order valence-electron chi connectivity index (χ4n) is 2.67. The molecular formula is C15H22N2O4S. The second kappa shape index (κ2) is 7.60. The molecule has 1 aromatic carbocycles. The number of hydrogen-bond donors (Lipinski definition) is 3. The monoisotopic (exact) mass is 326 g/mol. The topological polar surface area (TPSA) is 95.5 Å². The number of benzene rings is 1. The quantitative estimate of drug-likeness (QED) is 0.712. The van der Waals surface area contributed by atoms with E-state index in [2.05, 4.69) is 10.0 Å². The van der Waals surface area contributed by atoms with E-state index in [9.17, 15) is 13.2 Å². The second-order valence-electron chi connectivity index (χ2n) is 5.63. The van der Waals surface area contributed by atoms with Gasteiger partial charge in [0.25, 0.3) is 0 Å². The molecule has 0 radical (unpaired) electrons. The van der Waals surface area contributed by atoms with Crippen LogP contribution in [0.1, 0.15) is 32.1 Å². The third-order valence-corrected chi connectivity index (χ3v) is 5.28. The zero-order valence-electron chi connectivity index (χ0n) is 12.4. The SMILES string of the molecule is O=C(O)CNS(=O)(=O)c1cccc(NCC2CCCCC2)c1. The van der Waals surface area contributed by atoms with Gasteiger partial charge >= 0.3 is 5.97 Å². The van der Waals surface area contributed by atoms with E-state index < -0.39 is 22.5 Å². The van der Waals surface area contributed by atoms with Gasteiger partial charge in [0.15, 0.2) is 0 Å². The Bertz CT molecular complexity index is 610. The first kappa shape index (κ1) is 16.8. The largest absolute Gasteiger partial charge is 0.480 e. The van der Waals surface area contributed by atoms with Crippen LogP contribution in [0.15, 0.2) is 29.2 Å². The molecule has 1 aromatic rings. The Hall–Kier alpha value is -1.60. The van der Waals surface area contributed by atoms with Gasteiger partial charge in [-0.1, -0.05) is 25.3 Å². The van der Waals surface area contributed by atoms with Gasteiger partial charge in [0, 0.05) is 12.2 Å². The van der Waals surface area contributed by atoms with Crippen molar-refractivity contribution in [2.45, 2.75) is 37.0 Å². The van der Waals surface area contributed by atoms with Crippen LogP contribution >= 0.6 is 0 Å². The van der Waals surface area contributed by atoms with Crippen molar-refractivity contribution >= 4 is 21.7 Å². The molecule has 0 saturated heterocycles. The van der Waals surface area contributed by atoms with Crippen molar-refractivity contribution in [2.24, 2.45) is 5.92 Å². The van der Waals surface area contributed by atoms with Gasteiger partial charge in [-0.3, -0.25) is 4.79 Å². The highest BCUT2D eigenvalue weighted by molar-refractivity contribution is 7.89. The summed E-state index contributed by atoms with van der Waals surface area (Å²) in [7, 11) is -3.79. The number of aliphatic carboxylic acids is 1. The van der Waals surface area contributed by atoms with Crippen molar-refractivity contribution in [3.8, 4) is 0 Å². The molecule has 0 aromatic heterocycles. The van der Waals surface area contributed by atoms with Crippen LogP contribution in [0.4, 0.5) is 5.69 Å². The standard InChI is InChI=1S/C15H22N2O4S/c18-15(19)11-17-22(20,21)14-8-4-7-13(9-14)16-10-12-5-2-1-3-6-12/h4,7-9,12,16-17H,1-3,5-6,10-11H2,(H,18,19). The molecule has 1 aliphatic rings. The predicted molar refractivity (Wildman–Crippen MR) is 84.3 cm³/mol. The van der Waals surface area contributed by atoms with Crippen molar-refractivity contribution in [1.82, 2.24) is 4.72 Å². The summed E-state index contributed by atoms with van der Waals surface area (Å²) in [5.41, 5.74) is 0.740. The zero-order valence-corrected chi connectivity index (χ0v) is 13.2. The molecule has 22 heavy (non-hydrogen) atoms. The maximum absolute atomic E-state index is 12.0. The lowest BCUT2D eigenvalue weighted by atomic mass is 9.89. The molecular weight excluding hydrogens is 304 g/mol. The number of sulfonamides is 1. The van der Waals surface area contributed by atoms with Gasteiger partial charge in [-0.05, 0) is 37.0 Å². The van der Waals surface area contributed by atoms with Gasteiger partial charge in [0.05, 0.1) is 4.90 Å². The average Bonchev–Trinajstić information content (AvgIpc) is 2.52. The number of anilines is 1. The third-order valence-electron chi connectivity index (χ3n) is 3.88. The van der Waals surface area contributed by atoms with Gasteiger partial charge in [0.2, 0.25) is 10.0 Å². The van der Waals surface area contributed by atoms with Crippen LogP contribution in [-0.2, 0) is 14.8 Å². The molecule has 0 heterocycles. The summed E-state index contributed by atoms with van der Waals surface area (Å²) in [6.45, 7) is 0.216. The minimum absolute atomic E-state index is 0.0717. The number of carboxylic acids is 1. The van der Waals surface area contributed by atoms with Crippen LogP contribution < -0.4 is 10.0 Å². The van der Waals surface area contributed by atoms with E-state index in [1.807, 2.05) is 6.07 Å². The number of carboxylic acid groups (broad SMARTS) is 1. The number of hydrogen-bond acceptors (Lipinski definition) is 4. The smallest absolute Gasteiger partial charge is 0.318 e. The summed E-state index contributed by atoms with van der Waals surface area (Å²) in [6.07, 6.45) is 6.26. The Morgan fingerprint density at radius 3 is 2.64 bits per heavy atom. The summed E-state index contributed by atoms with van der Waals surface area (Å²) in [5, 5.41) is 11.9. The molecule has 0 unspecified atom stereocenters. The maximum Gasteiger partial charge on any atom is 0.318 e. The molecule has 1 aliphatic carbocycles. The fraction of sp³-hybridized carbons (Fsp3) is 0.533. The molecule has 0 amide bonds. The lowest BCUT2D eigenvalue weighted by Crippen LogP contribution is -2.29. The lowest BCUT2D eigenvalue weighted by Gasteiger charge is -2.22. The molecule has 3 N–H and O–H groups in total. The van der Waals surface area contributed by atoms with Crippen molar-refractivity contribution in [1.29, 1.82) is 0 Å². The summed E-state index contributed by atoms with van der Waals surface area (Å²) in [4.78, 5) is 10.6. The Labute approximate surface area is 131 Å². The normalized spacial score (nSPS) is 16.4.